The molecule has 7 nitrogen and oxygen atoms in total. The van der Waals surface area contributed by atoms with Gasteiger partial charge in [-0.25, -0.2) is 4.98 Å². The van der Waals surface area contributed by atoms with Crippen molar-refractivity contribution in [3.63, 3.8) is 0 Å². The summed E-state index contributed by atoms with van der Waals surface area (Å²) < 4.78 is 3.28. The molecule has 3 aromatic rings. The maximum Gasteiger partial charge on any atom is 0.272 e. The number of fused-ring (bicyclic) bond motifs is 3. The number of hydrogen-bond donors (Lipinski definition) is 2. The number of nitrogens with one attached hydrogen (secondary N) is 2. The zero-order valence-corrected chi connectivity index (χ0v) is 22.1. The van der Waals surface area contributed by atoms with E-state index in [1.54, 1.807) is 4.57 Å². The van der Waals surface area contributed by atoms with Gasteiger partial charge in [0.1, 0.15) is 4.70 Å². The molecule has 0 unspecified atom stereocenters. The Balaban J connectivity index is 1.52. The monoisotopic (exact) mass is 514 g/mol. The fourth-order valence-electron chi connectivity index (χ4n) is 4.45. The first-order valence-electron chi connectivity index (χ1n) is 12.6. The van der Waals surface area contributed by atoms with E-state index >= 15 is 0 Å². The van der Waals surface area contributed by atoms with Crippen LogP contribution in [0.5, 0.6) is 0 Å². The van der Waals surface area contributed by atoms with Gasteiger partial charge in [0.05, 0.1) is 11.3 Å². The van der Waals surface area contributed by atoms with Crippen LogP contribution in [0.15, 0.2) is 34.2 Å². The largest absolute Gasteiger partial charge is 0.353 e. The Morgan fingerprint density at radius 3 is 2.74 bits per heavy atom. The molecule has 1 aromatic carbocycles. The molecule has 0 saturated heterocycles. The Kier molecular flexibility index (Phi) is 8.83. The highest BCUT2D eigenvalue weighted by atomic mass is 32.2. The molecule has 4 rings (SSSR count). The lowest BCUT2D eigenvalue weighted by molar-refractivity contribution is -0.122. The summed E-state index contributed by atoms with van der Waals surface area (Å²) in [5.41, 5.74) is 0.584. The van der Waals surface area contributed by atoms with Crippen LogP contribution in [0.3, 0.4) is 0 Å². The fraction of sp³-hybridized carbons (Fsp3) is 0.538. The van der Waals surface area contributed by atoms with Gasteiger partial charge >= 0.3 is 0 Å². The number of hydrogen-bond acceptors (Lipinski definition) is 6. The van der Waals surface area contributed by atoms with Crippen LogP contribution >= 0.6 is 23.1 Å². The molecule has 2 heterocycles. The number of thiophene rings is 1. The van der Waals surface area contributed by atoms with E-state index in [-0.39, 0.29) is 35.2 Å². The summed E-state index contributed by atoms with van der Waals surface area (Å²) in [4.78, 5) is 43.2. The van der Waals surface area contributed by atoms with Crippen LogP contribution in [0.1, 0.15) is 65.2 Å². The molecule has 0 spiro atoms. The van der Waals surface area contributed by atoms with Gasteiger partial charge in [0.2, 0.25) is 11.8 Å². The second-order valence-corrected chi connectivity index (χ2v) is 11.3. The second kappa shape index (κ2) is 12.0. The predicted molar refractivity (Wildman–Crippen MR) is 144 cm³/mol. The number of carbonyl (C=O) groups excluding carboxylic acids is 2. The van der Waals surface area contributed by atoms with E-state index in [9.17, 15) is 14.4 Å². The molecule has 35 heavy (non-hydrogen) atoms. The number of carbonyl (C=O) groups is 2. The molecule has 1 atom stereocenters. The lowest BCUT2D eigenvalue weighted by atomic mass is 9.95. The van der Waals surface area contributed by atoms with Crippen LogP contribution in [0.2, 0.25) is 0 Å². The Bertz CT molecular complexity index is 1250. The van der Waals surface area contributed by atoms with Gasteiger partial charge in [-0.1, -0.05) is 56.1 Å². The van der Waals surface area contributed by atoms with Gasteiger partial charge in [0, 0.05) is 35.1 Å². The third-order valence-corrected chi connectivity index (χ3v) is 8.68. The van der Waals surface area contributed by atoms with Crippen molar-refractivity contribution in [3.8, 4) is 0 Å². The average molecular weight is 515 g/mol. The first kappa shape index (κ1) is 25.7. The third kappa shape index (κ3) is 6.44. The molecule has 1 aliphatic carbocycles. The lowest BCUT2D eigenvalue weighted by Gasteiger charge is -2.22. The van der Waals surface area contributed by atoms with Crippen LogP contribution in [0.25, 0.3) is 20.3 Å². The molecule has 0 aliphatic heterocycles. The quantitative estimate of drug-likeness (QED) is 0.298. The summed E-state index contributed by atoms with van der Waals surface area (Å²) in [5.74, 6) is 0.155. The molecule has 2 aromatic heterocycles. The van der Waals surface area contributed by atoms with E-state index in [2.05, 4.69) is 10.6 Å². The zero-order chi connectivity index (χ0) is 24.8. The summed E-state index contributed by atoms with van der Waals surface area (Å²) in [5, 5.41) is 7.59. The molecule has 1 saturated carbocycles. The standard InChI is InChI=1S/C26H34N4O3S2/c1-3-17(2)27-22(32)16-34-26-29-23-19-12-7-8-13-20(19)35-24(23)25(33)30(26)15-9-14-21(31)28-18-10-5-4-6-11-18/h7-8,12-13,17-18H,3-6,9-11,14-16H2,1-2H3,(H,27,32)(H,28,31)/t17-/m1/s1. The first-order valence-corrected chi connectivity index (χ1v) is 14.4. The highest BCUT2D eigenvalue weighted by Crippen LogP contribution is 2.31. The second-order valence-electron chi connectivity index (χ2n) is 9.30. The molecule has 1 aliphatic rings. The van der Waals surface area contributed by atoms with Gasteiger partial charge in [-0.15, -0.1) is 11.3 Å². The summed E-state index contributed by atoms with van der Waals surface area (Å²) >= 11 is 2.73. The van der Waals surface area contributed by atoms with Crippen molar-refractivity contribution in [2.45, 2.75) is 89.0 Å². The van der Waals surface area contributed by atoms with Crippen molar-refractivity contribution in [1.82, 2.24) is 20.2 Å². The van der Waals surface area contributed by atoms with Gasteiger partial charge < -0.3 is 10.6 Å². The van der Waals surface area contributed by atoms with Crippen molar-refractivity contribution < 1.29 is 9.59 Å². The van der Waals surface area contributed by atoms with Crippen LogP contribution < -0.4 is 16.2 Å². The highest BCUT2D eigenvalue weighted by Gasteiger charge is 2.19. The Labute approximate surface area is 214 Å². The highest BCUT2D eigenvalue weighted by molar-refractivity contribution is 7.99. The van der Waals surface area contributed by atoms with Crippen molar-refractivity contribution in [1.29, 1.82) is 0 Å². The lowest BCUT2D eigenvalue weighted by Crippen LogP contribution is -2.36. The number of benzene rings is 1. The van der Waals surface area contributed by atoms with Crippen LogP contribution in [0, 0.1) is 0 Å². The van der Waals surface area contributed by atoms with Crippen molar-refractivity contribution in [3.05, 3.63) is 34.6 Å². The van der Waals surface area contributed by atoms with Crippen molar-refractivity contribution >= 4 is 55.2 Å². The van der Waals surface area contributed by atoms with Crippen molar-refractivity contribution in [2.75, 3.05) is 5.75 Å². The van der Waals surface area contributed by atoms with Crippen LogP contribution in [-0.4, -0.2) is 39.2 Å². The summed E-state index contributed by atoms with van der Waals surface area (Å²) in [6, 6.07) is 8.25. The van der Waals surface area contributed by atoms with Crippen molar-refractivity contribution in [2.24, 2.45) is 0 Å². The molecule has 1 fully saturated rings. The van der Waals surface area contributed by atoms with E-state index in [1.807, 2.05) is 38.1 Å². The number of thioether (sulfide) groups is 1. The van der Waals surface area contributed by atoms with Gasteiger partial charge in [0.25, 0.3) is 5.56 Å². The van der Waals surface area contributed by atoms with Gasteiger partial charge in [0.15, 0.2) is 5.16 Å². The van der Waals surface area contributed by atoms with E-state index in [1.165, 1.54) is 42.4 Å². The molecular weight excluding hydrogens is 480 g/mol. The molecule has 2 amide bonds. The van der Waals surface area contributed by atoms with Gasteiger partial charge in [-0.05, 0) is 38.7 Å². The zero-order valence-electron chi connectivity index (χ0n) is 20.5. The first-order chi connectivity index (χ1) is 17.0. The SMILES string of the molecule is CC[C@@H](C)NC(=O)CSc1nc2c(sc3ccccc32)c(=O)n1CCCC(=O)NC1CCCCC1. The molecule has 9 heteroatoms. The number of amides is 2. The average Bonchev–Trinajstić information content (AvgIpc) is 3.23. The smallest absolute Gasteiger partial charge is 0.272 e. The number of nitrogens with zero attached hydrogens (tertiary/aromatic N) is 2. The Hall–Kier alpha value is -2.39. The third-order valence-electron chi connectivity index (χ3n) is 6.55. The molecule has 2 N–H and O–H groups in total. The van der Waals surface area contributed by atoms with Crippen LogP contribution in [0.4, 0.5) is 0 Å². The number of rotatable bonds is 10. The van der Waals surface area contributed by atoms with E-state index < -0.39 is 0 Å². The van der Waals surface area contributed by atoms with E-state index in [0.29, 0.717) is 34.8 Å². The van der Waals surface area contributed by atoms with Crippen LogP contribution in [-0.2, 0) is 16.1 Å². The minimum Gasteiger partial charge on any atom is -0.353 e. The minimum atomic E-state index is -0.103. The van der Waals surface area contributed by atoms with E-state index in [4.69, 9.17) is 4.98 Å². The van der Waals surface area contributed by atoms with Gasteiger partial charge in [-0.2, -0.15) is 0 Å². The molecule has 188 valence electrons. The topological polar surface area (TPSA) is 93.1 Å². The van der Waals surface area contributed by atoms with E-state index in [0.717, 1.165) is 29.3 Å². The molecular formula is C26H34N4O3S2. The summed E-state index contributed by atoms with van der Waals surface area (Å²) in [6.07, 6.45) is 7.47. The number of aromatic nitrogens is 2. The molecule has 0 bridgehead atoms. The normalized spacial score (nSPS) is 15.4. The summed E-state index contributed by atoms with van der Waals surface area (Å²) in [7, 11) is 0. The summed E-state index contributed by atoms with van der Waals surface area (Å²) in [6.45, 7) is 4.39. The fourth-order valence-corrected chi connectivity index (χ4v) is 6.37. The predicted octanol–water partition coefficient (Wildman–Crippen LogP) is 4.85. The maximum absolute atomic E-state index is 13.5. The molecule has 0 radical (unpaired) electrons. The Morgan fingerprint density at radius 2 is 1.97 bits per heavy atom. The minimum absolute atomic E-state index is 0.0444. The van der Waals surface area contributed by atoms with Gasteiger partial charge in [-0.3, -0.25) is 19.0 Å². The maximum atomic E-state index is 13.5. The Morgan fingerprint density at radius 1 is 1.20 bits per heavy atom.